The molecule has 0 aliphatic heterocycles. The van der Waals surface area contributed by atoms with Crippen LogP contribution in [0, 0.1) is 4.77 Å². The number of rotatable bonds is 4. The molecule has 0 fully saturated rings. The summed E-state index contributed by atoms with van der Waals surface area (Å²) in [6.07, 6.45) is 0. The van der Waals surface area contributed by atoms with Crippen LogP contribution in [-0.2, 0) is 6.54 Å². The van der Waals surface area contributed by atoms with Crippen LogP contribution in [0.15, 0.2) is 48.5 Å². The summed E-state index contributed by atoms with van der Waals surface area (Å²) < 4.78 is 7.24. The van der Waals surface area contributed by atoms with E-state index in [9.17, 15) is 4.79 Å². The molecule has 2 heterocycles. The number of methoxy groups -OCH3 is 1. The molecule has 130 valence electrons. The number of carbonyl (C=O) groups is 1. The van der Waals surface area contributed by atoms with E-state index < -0.39 is 0 Å². The van der Waals surface area contributed by atoms with Gasteiger partial charge < -0.3 is 10.1 Å². The van der Waals surface area contributed by atoms with Gasteiger partial charge in [0, 0.05) is 5.39 Å². The maximum absolute atomic E-state index is 12.4. The first-order chi connectivity index (χ1) is 12.7. The molecule has 7 nitrogen and oxygen atoms in total. The Balaban J connectivity index is 1.64. The molecular formula is C18H15N5O2S. The van der Waals surface area contributed by atoms with Crippen molar-refractivity contribution in [1.29, 1.82) is 0 Å². The van der Waals surface area contributed by atoms with Gasteiger partial charge in [0.2, 0.25) is 4.77 Å². The third kappa shape index (κ3) is 2.80. The minimum Gasteiger partial charge on any atom is -0.496 e. The Kier molecular flexibility index (Phi) is 4.10. The molecule has 2 N–H and O–H groups in total. The van der Waals surface area contributed by atoms with Crippen LogP contribution in [0.3, 0.4) is 0 Å². The fourth-order valence-electron chi connectivity index (χ4n) is 2.79. The first-order valence-corrected chi connectivity index (χ1v) is 8.36. The van der Waals surface area contributed by atoms with Crippen LogP contribution in [-0.4, -0.2) is 32.6 Å². The summed E-state index contributed by atoms with van der Waals surface area (Å²) in [5, 5.41) is 6.81. The van der Waals surface area contributed by atoms with Gasteiger partial charge >= 0.3 is 0 Å². The predicted octanol–water partition coefficient (Wildman–Crippen LogP) is 2.88. The molecule has 0 unspecified atom stereocenters. The molecule has 2 aromatic heterocycles. The van der Waals surface area contributed by atoms with E-state index in [1.807, 2.05) is 30.3 Å². The average molecular weight is 365 g/mol. The number of hydrogen-bond acceptors (Lipinski definition) is 5. The highest BCUT2D eigenvalue weighted by atomic mass is 32.1. The largest absolute Gasteiger partial charge is 0.496 e. The van der Waals surface area contributed by atoms with Crippen molar-refractivity contribution in [2.24, 2.45) is 0 Å². The van der Waals surface area contributed by atoms with Gasteiger partial charge in [-0.05, 0) is 36.5 Å². The Labute approximate surface area is 153 Å². The van der Waals surface area contributed by atoms with Gasteiger partial charge in [-0.15, -0.1) is 0 Å². The van der Waals surface area contributed by atoms with Crippen molar-refractivity contribution in [2.75, 3.05) is 7.11 Å². The molecule has 26 heavy (non-hydrogen) atoms. The normalized spacial score (nSPS) is 11.0. The van der Waals surface area contributed by atoms with E-state index in [1.54, 1.807) is 22.7 Å². The summed E-state index contributed by atoms with van der Waals surface area (Å²) in [4.78, 5) is 21.4. The van der Waals surface area contributed by atoms with Crippen LogP contribution >= 0.6 is 12.2 Å². The molecule has 4 aromatic rings. The fraction of sp³-hybridized carbons (Fsp3) is 0.111. The van der Waals surface area contributed by atoms with Crippen LogP contribution in [0.2, 0.25) is 0 Å². The maximum atomic E-state index is 12.4. The third-order valence-electron chi connectivity index (χ3n) is 4.01. The van der Waals surface area contributed by atoms with Gasteiger partial charge in [0.05, 0.1) is 24.7 Å². The minimum absolute atomic E-state index is 0.224. The summed E-state index contributed by atoms with van der Waals surface area (Å²) in [6.45, 7) is 0.224. The Bertz CT molecular complexity index is 1180. The van der Waals surface area contributed by atoms with Crippen LogP contribution in [0.1, 0.15) is 16.2 Å². The van der Waals surface area contributed by atoms with Crippen molar-refractivity contribution >= 4 is 34.7 Å². The molecule has 4 rings (SSSR count). The van der Waals surface area contributed by atoms with Gasteiger partial charge in [-0.1, -0.05) is 24.3 Å². The predicted molar refractivity (Wildman–Crippen MR) is 99.8 cm³/mol. The zero-order valence-corrected chi connectivity index (χ0v) is 14.7. The van der Waals surface area contributed by atoms with E-state index in [4.69, 9.17) is 17.0 Å². The van der Waals surface area contributed by atoms with E-state index >= 15 is 0 Å². The first-order valence-electron chi connectivity index (χ1n) is 7.95. The number of fused-ring (bicyclic) bond motifs is 3. The van der Waals surface area contributed by atoms with E-state index in [1.165, 1.54) is 7.11 Å². The molecule has 1 amide bonds. The molecule has 8 heteroatoms. The molecular weight excluding hydrogens is 350 g/mol. The molecule has 0 radical (unpaired) electrons. The van der Waals surface area contributed by atoms with Crippen molar-refractivity contribution in [3.63, 3.8) is 0 Å². The lowest BCUT2D eigenvalue weighted by atomic mass is 10.2. The lowest BCUT2D eigenvalue weighted by Crippen LogP contribution is -2.24. The van der Waals surface area contributed by atoms with Crippen LogP contribution in [0.25, 0.3) is 16.6 Å². The van der Waals surface area contributed by atoms with E-state index in [0.717, 1.165) is 10.9 Å². The second kappa shape index (κ2) is 6.57. The highest BCUT2D eigenvalue weighted by Gasteiger charge is 2.13. The van der Waals surface area contributed by atoms with Crippen LogP contribution < -0.4 is 10.1 Å². The second-order valence-electron chi connectivity index (χ2n) is 5.62. The topological polar surface area (TPSA) is 84.3 Å². The van der Waals surface area contributed by atoms with Gasteiger partial charge in [0.15, 0.2) is 5.65 Å². The van der Waals surface area contributed by atoms with Crippen molar-refractivity contribution in [3.8, 4) is 5.75 Å². The van der Waals surface area contributed by atoms with Crippen molar-refractivity contribution in [1.82, 2.24) is 24.9 Å². The standard InChI is InChI=1S/C18H15N5O2S/c1-25-14-9-5-3-7-12(14)17(24)19-10-15-21-16-11-6-2-4-8-13(11)20-18(26)23(16)22-15/h2-9H,10H2,1H3,(H,19,24)(H,21,22). The number of nitrogens with zero attached hydrogens (tertiary/aromatic N) is 3. The van der Waals surface area contributed by atoms with Gasteiger partial charge in [-0.25, -0.2) is 14.5 Å². The molecule has 2 aromatic carbocycles. The number of aromatic nitrogens is 4. The summed E-state index contributed by atoms with van der Waals surface area (Å²) in [6, 6.07) is 14.7. The summed E-state index contributed by atoms with van der Waals surface area (Å²) in [5.41, 5.74) is 1.94. The first kappa shape index (κ1) is 16.2. The number of aromatic amines is 1. The second-order valence-corrected chi connectivity index (χ2v) is 5.99. The Morgan fingerprint density at radius 1 is 1.19 bits per heavy atom. The highest BCUT2D eigenvalue weighted by Crippen LogP contribution is 2.18. The molecule has 0 saturated heterocycles. The van der Waals surface area contributed by atoms with Crippen LogP contribution in [0.4, 0.5) is 0 Å². The minimum atomic E-state index is -0.241. The van der Waals surface area contributed by atoms with Crippen molar-refractivity contribution in [2.45, 2.75) is 6.54 Å². The Morgan fingerprint density at radius 3 is 2.81 bits per heavy atom. The number of amides is 1. The maximum Gasteiger partial charge on any atom is 0.255 e. The molecule has 0 atom stereocenters. The smallest absolute Gasteiger partial charge is 0.255 e. The molecule has 0 spiro atoms. The number of benzene rings is 2. The quantitative estimate of drug-likeness (QED) is 0.543. The van der Waals surface area contributed by atoms with E-state index in [-0.39, 0.29) is 12.5 Å². The molecule has 0 aliphatic carbocycles. The zero-order valence-electron chi connectivity index (χ0n) is 13.9. The van der Waals surface area contributed by atoms with Gasteiger partial charge in [0.25, 0.3) is 5.91 Å². The molecule has 0 saturated carbocycles. The Hall–Kier alpha value is -3.26. The lowest BCUT2D eigenvalue weighted by Gasteiger charge is -2.07. The zero-order chi connectivity index (χ0) is 18.1. The van der Waals surface area contributed by atoms with Crippen LogP contribution in [0.5, 0.6) is 5.75 Å². The number of nitrogens with one attached hydrogen (secondary N) is 2. The fourth-order valence-corrected chi connectivity index (χ4v) is 3.02. The monoisotopic (exact) mass is 365 g/mol. The van der Waals surface area contributed by atoms with Crippen molar-refractivity contribution < 1.29 is 9.53 Å². The SMILES string of the molecule is COc1ccccc1C(=O)NCc1nc2c3ccccc3nc(=S)n2[nH]1. The average Bonchev–Trinajstić information content (AvgIpc) is 3.11. The number of para-hydroxylation sites is 2. The summed E-state index contributed by atoms with van der Waals surface area (Å²) in [7, 11) is 1.53. The summed E-state index contributed by atoms with van der Waals surface area (Å²) >= 11 is 5.32. The van der Waals surface area contributed by atoms with Crippen molar-refractivity contribution in [3.05, 3.63) is 64.7 Å². The van der Waals surface area contributed by atoms with E-state index in [2.05, 4.69) is 20.4 Å². The number of H-pyrrole nitrogens is 1. The van der Waals surface area contributed by atoms with Gasteiger partial charge in [-0.3, -0.25) is 9.89 Å². The number of hydrogen-bond donors (Lipinski definition) is 2. The van der Waals surface area contributed by atoms with E-state index in [0.29, 0.717) is 27.6 Å². The highest BCUT2D eigenvalue weighted by molar-refractivity contribution is 7.71. The molecule has 0 bridgehead atoms. The third-order valence-corrected chi connectivity index (χ3v) is 4.29. The van der Waals surface area contributed by atoms with Gasteiger partial charge in [-0.2, -0.15) is 0 Å². The number of ether oxygens (including phenoxy) is 1. The molecule has 0 aliphatic rings. The number of carbonyl (C=O) groups excluding carboxylic acids is 1. The lowest BCUT2D eigenvalue weighted by molar-refractivity contribution is 0.0947. The Morgan fingerprint density at radius 2 is 1.96 bits per heavy atom. The summed E-state index contributed by atoms with van der Waals surface area (Å²) in [5.74, 6) is 0.860. The van der Waals surface area contributed by atoms with Gasteiger partial charge in [0.1, 0.15) is 11.6 Å².